The predicted octanol–water partition coefficient (Wildman–Crippen LogP) is 2.89. The van der Waals surface area contributed by atoms with E-state index in [4.69, 9.17) is 21.1 Å². The first kappa shape index (κ1) is 18.7. The molecule has 2 rings (SSSR count). The number of esters is 1. The van der Waals surface area contributed by atoms with E-state index in [0.717, 1.165) is 5.56 Å². The second-order valence-electron chi connectivity index (χ2n) is 5.17. The van der Waals surface area contributed by atoms with Gasteiger partial charge in [0.15, 0.2) is 18.2 Å². The van der Waals surface area contributed by atoms with Crippen molar-refractivity contribution in [1.29, 1.82) is 0 Å². The lowest BCUT2D eigenvalue weighted by Gasteiger charge is -2.08. The number of hydrogen-bond acceptors (Lipinski definition) is 4. The minimum atomic E-state index is -0.627. The Bertz CT molecular complexity index is 766. The summed E-state index contributed by atoms with van der Waals surface area (Å²) in [5.74, 6) is -1.55. The number of methoxy groups -OCH3 is 1. The second kappa shape index (κ2) is 9.03. The molecular weight excluding hydrogens is 349 g/mol. The maximum atomic E-state index is 13.6. The van der Waals surface area contributed by atoms with Crippen LogP contribution in [0.2, 0.25) is 5.02 Å². The Morgan fingerprint density at radius 2 is 1.96 bits per heavy atom. The number of carbonyl (C=O) groups excluding carboxylic acids is 2. The average molecular weight is 366 g/mol. The number of benzene rings is 2. The summed E-state index contributed by atoms with van der Waals surface area (Å²) in [4.78, 5) is 23.4. The van der Waals surface area contributed by atoms with Crippen LogP contribution < -0.4 is 10.1 Å². The Kier molecular flexibility index (Phi) is 6.77. The highest BCUT2D eigenvalue weighted by Gasteiger charge is 2.11. The van der Waals surface area contributed by atoms with Gasteiger partial charge in [0.2, 0.25) is 0 Å². The molecule has 7 heteroatoms. The standard InChI is InChI=1S/C18H17ClFNO4/c1-24-16-7-6-12(8-15(16)20)9-18(23)25-11-17(22)21-10-13-4-2-3-5-14(13)19/h2-8H,9-11H2,1H3,(H,21,22). The molecule has 25 heavy (non-hydrogen) atoms. The van der Waals surface area contributed by atoms with E-state index in [9.17, 15) is 14.0 Å². The fraction of sp³-hybridized carbons (Fsp3) is 0.222. The van der Waals surface area contributed by atoms with Crippen LogP contribution in [-0.4, -0.2) is 25.6 Å². The highest BCUT2D eigenvalue weighted by atomic mass is 35.5. The minimum absolute atomic E-state index is 0.0936. The first-order valence-electron chi connectivity index (χ1n) is 7.47. The van der Waals surface area contributed by atoms with Crippen LogP contribution in [0.25, 0.3) is 0 Å². The fourth-order valence-corrected chi connectivity index (χ4v) is 2.27. The molecule has 5 nitrogen and oxygen atoms in total. The summed E-state index contributed by atoms with van der Waals surface area (Å²) in [6, 6.07) is 11.3. The van der Waals surface area contributed by atoms with E-state index < -0.39 is 24.3 Å². The van der Waals surface area contributed by atoms with Gasteiger partial charge in [0.25, 0.3) is 5.91 Å². The van der Waals surface area contributed by atoms with Crippen molar-refractivity contribution in [3.63, 3.8) is 0 Å². The number of rotatable bonds is 7. The summed E-state index contributed by atoms with van der Waals surface area (Å²) in [5, 5.41) is 3.15. The Balaban J connectivity index is 1.76. The van der Waals surface area contributed by atoms with Crippen molar-refractivity contribution >= 4 is 23.5 Å². The Morgan fingerprint density at radius 1 is 1.20 bits per heavy atom. The van der Waals surface area contributed by atoms with Gasteiger partial charge in [-0.25, -0.2) is 4.39 Å². The van der Waals surface area contributed by atoms with Gasteiger partial charge >= 0.3 is 5.97 Å². The lowest BCUT2D eigenvalue weighted by atomic mass is 10.1. The van der Waals surface area contributed by atoms with Crippen LogP contribution >= 0.6 is 11.6 Å². The van der Waals surface area contributed by atoms with Gasteiger partial charge in [-0.1, -0.05) is 35.9 Å². The molecule has 0 saturated carbocycles. The first-order chi connectivity index (χ1) is 12.0. The van der Waals surface area contributed by atoms with Gasteiger partial charge in [-0.3, -0.25) is 9.59 Å². The highest BCUT2D eigenvalue weighted by molar-refractivity contribution is 6.31. The molecule has 0 spiro atoms. The maximum Gasteiger partial charge on any atom is 0.310 e. The summed E-state index contributed by atoms with van der Waals surface area (Å²) < 4.78 is 23.2. The van der Waals surface area contributed by atoms with Crippen LogP contribution in [0.5, 0.6) is 5.75 Å². The van der Waals surface area contributed by atoms with Gasteiger partial charge in [-0.05, 0) is 29.3 Å². The Labute approximate surface area is 149 Å². The number of halogens is 2. The normalized spacial score (nSPS) is 10.2. The molecule has 0 radical (unpaired) electrons. The molecule has 0 aliphatic carbocycles. The van der Waals surface area contributed by atoms with E-state index in [0.29, 0.717) is 10.6 Å². The van der Waals surface area contributed by atoms with Crippen LogP contribution in [0.1, 0.15) is 11.1 Å². The third-order valence-electron chi connectivity index (χ3n) is 3.36. The van der Waals surface area contributed by atoms with Crippen molar-refractivity contribution in [3.8, 4) is 5.75 Å². The third-order valence-corrected chi connectivity index (χ3v) is 3.73. The van der Waals surface area contributed by atoms with Crippen molar-refractivity contribution in [2.24, 2.45) is 0 Å². The summed E-state index contributed by atoms with van der Waals surface area (Å²) in [5.41, 5.74) is 1.19. The summed E-state index contributed by atoms with van der Waals surface area (Å²) >= 11 is 5.98. The van der Waals surface area contributed by atoms with Gasteiger partial charge in [0.05, 0.1) is 13.5 Å². The van der Waals surface area contributed by atoms with Crippen LogP contribution in [0.4, 0.5) is 4.39 Å². The van der Waals surface area contributed by atoms with Crippen LogP contribution in [-0.2, 0) is 27.3 Å². The molecule has 2 aromatic rings. The molecular formula is C18H17ClFNO4. The zero-order valence-corrected chi connectivity index (χ0v) is 14.3. The lowest BCUT2D eigenvalue weighted by molar-refractivity contribution is -0.147. The predicted molar refractivity (Wildman–Crippen MR) is 90.9 cm³/mol. The highest BCUT2D eigenvalue weighted by Crippen LogP contribution is 2.18. The van der Waals surface area contributed by atoms with E-state index in [1.54, 1.807) is 30.3 Å². The number of ether oxygens (including phenoxy) is 2. The molecule has 0 saturated heterocycles. The molecule has 2 aromatic carbocycles. The number of nitrogens with one attached hydrogen (secondary N) is 1. The van der Waals surface area contributed by atoms with E-state index in [2.05, 4.69) is 5.32 Å². The second-order valence-corrected chi connectivity index (χ2v) is 5.58. The lowest BCUT2D eigenvalue weighted by Crippen LogP contribution is -2.28. The van der Waals surface area contributed by atoms with Crippen LogP contribution in [0.15, 0.2) is 42.5 Å². The van der Waals surface area contributed by atoms with Gasteiger partial charge in [-0.2, -0.15) is 0 Å². The molecule has 132 valence electrons. The van der Waals surface area contributed by atoms with Gasteiger partial charge in [-0.15, -0.1) is 0 Å². The SMILES string of the molecule is COc1ccc(CC(=O)OCC(=O)NCc2ccccc2Cl)cc1F. The minimum Gasteiger partial charge on any atom is -0.494 e. The smallest absolute Gasteiger partial charge is 0.310 e. The van der Waals surface area contributed by atoms with Crippen molar-refractivity contribution in [2.45, 2.75) is 13.0 Å². The summed E-state index contributed by atoms with van der Waals surface area (Å²) in [6.45, 7) is -0.179. The molecule has 0 fully saturated rings. The quantitative estimate of drug-likeness (QED) is 0.766. The van der Waals surface area contributed by atoms with Crippen molar-refractivity contribution < 1.29 is 23.5 Å². The molecule has 0 aliphatic heterocycles. The van der Waals surface area contributed by atoms with Crippen molar-refractivity contribution in [2.75, 3.05) is 13.7 Å². The number of carbonyl (C=O) groups is 2. The Morgan fingerprint density at radius 3 is 2.64 bits per heavy atom. The monoisotopic (exact) mass is 365 g/mol. The molecule has 1 N–H and O–H groups in total. The summed E-state index contributed by atoms with van der Waals surface area (Å²) in [6.07, 6.45) is -0.140. The zero-order chi connectivity index (χ0) is 18.2. The molecule has 0 bridgehead atoms. The first-order valence-corrected chi connectivity index (χ1v) is 7.85. The topological polar surface area (TPSA) is 64.6 Å². The van der Waals surface area contributed by atoms with E-state index in [-0.39, 0.29) is 18.7 Å². The van der Waals surface area contributed by atoms with Gasteiger partial charge in [0.1, 0.15) is 0 Å². The van der Waals surface area contributed by atoms with Gasteiger partial charge in [0, 0.05) is 11.6 Å². The fourth-order valence-electron chi connectivity index (χ4n) is 2.07. The zero-order valence-electron chi connectivity index (χ0n) is 13.6. The van der Waals surface area contributed by atoms with Crippen LogP contribution in [0.3, 0.4) is 0 Å². The van der Waals surface area contributed by atoms with E-state index in [1.807, 2.05) is 0 Å². The van der Waals surface area contributed by atoms with E-state index >= 15 is 0 Å². The average Bonchev–Trinajstić information content (AvgIpc) is 2.59. The molecule has 0 unspecified atom stereocenters. The van der Waals surface area contributed by atoms with Crippen molar-refractivity contribution in [1.82, 2.24) is 5.32 Å². The van der Waals surface area contributed by atoms with Crippen molar-refractivity contribution in [3.05, 3.63) is 64.4 Å². The molecule has 1 amide bonds. The Hall–Kier alpha value is -2.60. The largest absolute Gasteiger partial charge is 0.494 e. The number of hydrogen-bond donors (Lipinski definition) is 1. The molecule has 0 aliphatic rings. The summed E-state index contributed by atoms with van der Waals surface area (Å²) in [7, 11) is 1.35. The molecule has 0 atom stereocenters. The van der Waals surface area contributed by atoms with Gasteiger partial charge < -0.3 is 14.8 Å². The maximum absolute atomic E-state index is 13.6. The van der Waals surface area contributed by atoms with Crippen LogP contribution in [0, 0.1) is 5.82 Å². The number of amides is 1. The molecule has 0 aromatic heterocycles. The molecule has 0 heterocycles. The third kappa shape index (κ3) is 5.76. The van der Waals surface area contributed by atoms with E-state index in [1.165, 1.54) is 19.2 Å².